The molecule has 0 aliphatic heterocycles. The second-order valence-electron chi connectivity index (χ2n) is 9.64. The lowest BCUT2D eigenvalue weighted by Crippen LogP contribution is -2.13. The van der Waals surface area contributed by atoms with Crippen molar-refractivity contribution in [3.63, 3.8) is 0 Å². The SMILES string of the molecule is C=CC(=O)OCCOc1ccc(C(=O)/C=C/c2ccc(-c3ccc(OCCCCOC(=O)C(=C)CC(=O)OC)cc3)cc2)cc1. The molecule has 3 aromatic carbocycles. The summed E-state index contributed by atoms with van der Waals surface area (Å²) in [6.45, 7) is 7.85. The zero-order valence-corrected chi connectivity index (χ0v) is 25.2. The number of hydrogen-bond donors (Lipinski definition) is 0. The third kappa shape index (κ3) is 12.0. The summed E-state index contributed by atoms with van der Waals surface area (Å²) in [5, 5.41) is 0. The minimum atomic E-state index is -0.605. The van der Waals surface area contributed by atoms with Crippen molar-refractivity contribution in [2.75, 3.05) is 33.5 Å². The molecule has 9 nitrogen and oxygen atoms in total. The Morgan fingerprint density at radius 3 is 1.91 bits per heavy atom. The number of rotatable bonds is 18. The van der Waals surface area contributed by atoms with Gasteiger partial charge in [0, 0.05) is 17.2 Å². The first-order valence-electron chi connectivity index (χ1n) is 14.3. The molecule has 0 spiro atoms. The summed E-state index contributed by atoms with van der Waals surface area (Å²) in [6, 6.07) is 22.3. The van der Waals surface area contributed by atoms with E-state index in [9.17, 15) is 19.2 Å². The van der Waals surface area contributed by atoms with Crippen LogP contribution in [0, 0.1) is 0 Å². The minimum absolute atomic E-state index is 0.0636. The lowest BCUT2D eigenvalue weighted by molar-refractivity contribution is -0.144. The number of ether oxygens (including phenoxy) is 5. The van der Waals surface area contributed by atoms with Crippen LogP contribution in [0.1, 0.15) is 35.2 Å². The third-order valence-electron chi connectivity index (χ3n) is 6.34. The van der Waals surface area contributed by atoms with E-state index in [1.807, 2.05) is 48.5 Å². The normalized spacial score (nSPS) is 10.5. The first-order valence-corrected chi connectivity index (χ1v) is 14.3. The van der Waals surface area contributed by atoms with Gasteiger partial charge in [0.05, 0.1) is 26.7 Å². The van der Waals surface area contributed by atoms with Gasteiger partial charge in [-0.1, -0.05) is 55.6 Å². The number of hydrogen-bond acceptors (Lipinski definition) is 9. The van der Waals surface area contributed by atoms with E-state index >= 15 is 0 Å². The molecule has 0 bridgehead atoms. The van der Waals surface area contributed by atoms with Crippen molar-refractivity contribution in [1.29, 1.82) is 0 Å². The number of ketones is 1. The predicted molar refractivity (Wildman–Crippen MR) is 170 cm³/mol. The van der Waals surface area contributed by atoms with Gasteiger partial charge in [-0.05, 0) is 72.0 Å². The van der Waals surface area contributed by atoms with Gasteiger partial charge >= 0.3 is 17.9 Å². The molecule has 0 atom stereocenters. The van der Waals surface area contributed by atoms with Gasteiger partial charge in [-0.3, -0.25) is 9.59 Å². The van der Waals surface area contributed by atoms with E-state index in [-0.39, 0.29) is 37.6 Å². The molecule has 0 aliphatic carbocycles. The molecule has 0 unspecified atom stereocenters. The van der Waals surface area contributed by atoms with E-state index < -0.39 is 17.9 Å². The Labute approximate surface area is 262 Å². The van der Waals surface area contributed by atoms with E-state index in [1.165, 1.54) is 13.2 Å². The summed E-state index contributed by atoms with van der Waals surface area (Å²) < 4.78 is 25.8. The molecule has 0 aromatic heterocycles. The molecule has 0 heterocycles. The average molecular weight is 613 g/mol. The van der Waals surface area contributed by atoms with Crippen LogP contribution in [0.3, 0.4) is 0 Å². The number of unbranched alkanes of at least 4 members (excludes halogenated alkanes) is 1. The number of benzene rings is 3. The van der Waals surface area contributed by atoms with Crippen LogP contribution >= 0.6 is 0 Å². The lowest BCUT2D eigenvalue weighted by Gasteiger charge is -2.09. The molecule has 0 saturated carbocycles. The van der Waals surface area contributed by atoms with Crippen LogP contribution in [0.15, 0.2) is 104 Å². The Balaban J connectivity index is 1.38. The predicted octanol–water partition coefficient (Wildman–Crippen LogP) is 6.18. The second kappa shape index (κ2) is 18.3. The Kier molecular flexibility index (Phi) is 13.8. The first kappa shape index (κ1) is 34.1. The smallest absolute Gasteiger partial charge is 0.333 e. The lowest BCUT2D eigenvalue weighted by atomic mass is 10.0. The quantitative estimate of drug-likeness (QED) is 0.0546. The Bertz CT molecular complexity index is 1480. The van der Waals surface area contributed by atoms with Crippen LogP contribution in [-0.2, 0) is 28.6 Å². The van der Waals surface area contributed by atoms with Crippen molar-refractivity contribution >= 4 is 29.8 Å². The number of esters is 3. The van der Waals surface area contributed by atoms with Gasteiger partial charge in [0.2, 0.25) is 0 Å². The molecule has 3 aromatic rings. The summed E-state index contributed by atoms with van der Waals surface area (Å²) in [6.07, 6.45) is 5.49. The van der Waals surface area contributed by atoms with Crippen LogP contribution in [0.25, 0.3) is 17.2 Å². The zero-order chi connectivity index (χ0) is 32.4. The van der Waals surface area contributed by atoms with Crippen molar-refractivity contribution < 1.29 is 42.9 Å². The van der Waals surface area contributed by atoms with E-state index in [4.69, 9.17) is 18.9 Å². The summed E-state index contributed by atoms with van der Waals surface area (Å²) in [5.41, 5.74) is 3.52. The Hall–Kier alpha value is -5.44. The molecule has 0 amide bonds. The molecule has 45 heavy (non-hydrogen) atoms. The third-order valence-corrected chi connectivity index (χ3v) is 6.34. The van der Waals surface area contributed by atoms with Gasteiger partial charge in [-0.15, -0.1) is 0 Å². The largest absolute Gasteiger partial charge is 0.494 e. The maximum absolute atomic E-state index is 12.6. The van der Waals surface area contributed by atoms with Crippen molar-refractivity contribution in [3.8, 4) is 22.6 Å². The van der Waals surface area contributed by atoms with Gasteiger partial charge in [0.15, 0.2) is 5.78 Å². The molecular weight excluding hydrogens is 576 g/mol. The maximum atomic E-state index is 12.6. The fourth-order valence-electron chi connectivity index (χ4n) is 3.85. The van der Waals surface area contributed by atoms with E-state index in [1.54, 1.807) is 30.3 Å². The fourth-order valence-corrected chi connectivity index (χ4v) is 3.85. The first-order chi connectivity index (χ1) is 21.8. The van der Waals surface area contributed by atoms with Crippen molar-refractivity contribution in [2.45, 2.75) is 19.3 Å². The van der Waals surface area contributed by atoms with Gasteiger partial charge in [-0.2, -0.15) is 0 Å². The highest BCUT2D eigenvalue weighted by molar-refractivity contribution is 6.06. The molecule has 3 rings (SSSR count). The summed E-state index contributed by atoms with van der Waals surface area (Å²) in [5.74, 6) is -0.484. The summed E-state index contributed by atoms with van der Waals surface area (Å²) >= 11 is 0. The van der Waals surface area contributed by atoms with Crippen LogP contribution in [0.2, 0.25) is 0 Å². The number of methoxy groups -OCH3 is 1. The molecule has 9 heteroatoms. The summed E-state index contributed by atoms with van der Waals surface area (Å²) in [4.78, 5) is 46.6. The molecule has 0 N–H and O–H groups in total. The molecule has 0 aliphatic rings. The maximum Gasteiger partial charge on any atom is 0.333 e. The van der Waals surface area contributed by atoms with Gasteiger partial charge in [0.25, 0.3) is 0 Å². The highest BCUT2D eigenvalue weighted by atomic mass is 16.6. The van der Waals surface area contributed by atoms with E-state index in [0.29, 0.717) is 30.8 Å². The van der Waals surface area contributed by atoms with Crippen LogP contribution < -0.4 is 9.47 Å². The molecular formula is C36H36O9. The molecule has 234 valence electrons. The van der Waals surface area contributed by atoms with E-state index in [0.717, 1.165) is 28.5 Å². The van der Waals surface area contributed by atoms with Crippen molar-refractivity contribution in [2.24, 2.45) is 0 Å². The van der Waals surface area contributed by atoms with Gasteiger partial charge in [0.1, 0.15) is 24.7 Å². The average Bonchev–Trinajstić information content (AvgIpc) is 3.07. The van der Waals surface area contributed by atoms with Crippen LogP contribution in [0.4, 0.5) is 0 Å². The van der Waals surface area contributed by atoms with Gasteiger partial charge in [-0.25, -0.2) is 9.59 Å². The molecule has 0 fully saturated rings. The Morgan fingerprint density at radius 2 is 1.29 bits per heavy atom. The molecule has 0 saturated heterocycles. The highest BCUT2D eigenvalue weighted by Crippen LogP contribution is 2.23. The standard InChI is InChI=1S/C36H36O9/c1-4-34(38)44-24-23-43-32-18-14-30(15-19-32)33(37)20-9-27-7-10-28(11-8-27)29-12-16-31(17-13-29)42-21-5-6-22-45-36(40)26(2)25-35(39)41-3/h4,7-20H,1-2,5-6,21-25H2,3H3/b20-9+. The monoisotopic (exact) mass is 612 g/mol. The van der Waals surface area contributed by atoms with Crippen LogP contribution in [-0.4, -0.2) is 57.2 Å². The second-order valence-corrected chi connectivity index (χ2v) is 9.64. The van der Waals surface area contributed by atoms with Crippen molar-refractivity contribution in [1.82, 2.24) is 0 Å². The summed E-state index contributed by atoms with van der Waals surface area (Å²) in [7, 11) is 1.25. The Morgan fingerprint density at radius 1 is 0.711 bits per heavy atom. The number of carbonyl (C=O) groups excluding carboxylic acids is 4. The topological polar surface area (TPSA) is 114 Å². The fraction of sp³-hybridized carbons (Fsp3) is 0.222. The van der Waals surface area contributed by atoms with Crippen LogP contribution in [0.5, 0.6) is 11.5 Å². The minimum Gasteiger partial charge on any atom is -0.494 e. The van der Waals surface area contributed by atoms with Gasteiger partial charge < -0.3 is 23.7 Å². The number of carbonyl (C=O) groups is 4. The highest BCUT2D eigenvalue weighted by Gasteiger charge is 2.13. The van der Waals surface area contributed by atoms with Crippen molar-refractivity contribution in [3.05, 3.63) is 115 Å². The van der Waals surface area contributed by atoms with E-state index in [2.05, 4.69) is 17.9 Å². The molecule has 0 radical (unpaired) electrons. The zero-order valence-electron chi connectivity index (χ0n) is 25.2. The number of allylic oxidation sites excluding steroid dienone is 1.